The Morgan fingerprint density at radius 1 is 1.30 bits per heavy atom. The number of hydrogen-bond acceptors (Lipinski definition) is 3. The lowest BCUT2D eigenvalue weighted by molar-refractivity contribution is -0.385. The summed E-state index contributed by atoms with van der Waals surface area (Å²) in [5, 5.41) is 11.0. The molecule has 2 aromatic carbocycles. The highest BCUT2D eigenvalue weighted by Crippen LogP contribution is 2.35. The summed E-state index contributed by atoms with van der Waals surface area (Å²) in [6.07, 6.45) is 0. The lowest BCUT2D eigenvalue weighted by Crippen LogP contribution is -1.97. The van der Waals surface area contributed by atoms with Crippen LogP contribution in [-0.4, -0.2) is 4.92 Å². The van der Waals surface area contributed by atoms with E-state index in [4.69, 9.17) is 16.3 Å². The van der Waals surface area contributed by atoms with Gasteiger partial charge in [-0.15, -0.1) is 11.6 Å². The van der Waals surface area contributed by atoms with Gasteiger partial charge in [-0.1, -0.05) is 22.0 Å². The zero-order valence-electron chi connectivity index (χ0n) is 9.98. The highest BCUT2D eigenvalue weighted by atomic mass is 79.9. The highest BCUT2D eigenvalue weighted by Gasteiger charge is 2.18. The summed E-state index contributed by atoms with van der Waals surface area (Å²) in [5.41, 5.74) is -0.0597. The third kappa shape index (κ3) is 3.08. The minimum absolute atomic E-state index is 0.0233. The van der Waals surface area contributed by atoms with Crippen molar-refractivity contribution >= 4 is 33.2 Å². The number of benzene rings is 2. The van der Waals surface area contributed by atoms with Crippen molar-refractivity contribution in [3.63, 3.8) is 0 Å². The van der Waals surface area contributed by atoms with Crippen molar-refractivity contribution in [3.05, 3.63) is 62.4 Å². The van der Waals surface area contributed by atoms with E-state index < -0.39 is 10.7 Å². The van der Waals surface area contributed by atoms with E-state index in [-0.39, 0.29) is 28.6 Å². The van der Waals surface area contributed by atoms with Crippen LogP contribution in [0.2, 0.25) is 0 Å². The van der Waals surface area contributed by atoms with Gasteiger partial charge in [-0.25, -0.2) is 4.39 Å². The van der Waals surface area contributed by atoms with Crippen LogP contribution in [0.4, 0.5) is 10.1 Å². The van der Waals surface area contributed by atoms with Gasteiger partial charge in [-0.05, 0) is 24.3 Å². The van der Waals surface area contributed by atoms with E-state index in [1.54, 1.807) is 6.07 Å². The van der Waals surface area contributed by atoms with E-state index >= 15 is 0 Å². The summed E-state index contributed by atoms with van der Waals surface area (Å²) in [5.74, 6) is -0.426. The predicted molar refractivity (Wildman–Crippen MR) is 76.8 cm³/mol. The molecule has 0 unspecified atom stereocenters. The molecule has 0 amide bonds. The van der Waals surface area contributed by atoms with Gasteiger partial charge in [-0.3, -0.25) is 10.1 Å². The minimum Gasteiger partial charge on any atom is -0.450 e. The molecule has 0 saturated heterocycles. The molecule has 2 rings (SSSR count). The second-order valence-corrected chi connectivity index (χ2v) is 5.00. The van der Waals surface area contributed by atoms with E-state index in [1.165, 1.54) is 30.3 Å². The van der Waals surface area contributed by atoms with Crippen LogP contribution in [0.5, 0.6) is 11.5 Å². The maximum atomic E-state index is 13.6. The first-order valence-corrected chi connectivity index (χ1v) is 6.81. The van der Waals surface area contributed by atoms with Crippen LogP contribution in [0, 0.1) is 15.9 Å². The van der Waals surface area contributed by atoms with E-state index in [0.717, 1.165) is 0 Å². The van der Waals surface area contributed by atoms with Gasteiger partial charge in [0.25, 0.3) is 0 Å². The minimum atomic E-state index is -0.570. The average Bonchev–Trinajstić information content (AvgIpc) is 2.41. The van der Waals surface area contributed by atoms with E-state index in [9.17, 15) is 14.5 Å². The predicted octanol–water partition coefficient (Wildman–Crippen LogP) is 5.03. The molecule has 0 aliphatic carbocycles. The van der Waals surface area contributed by atoms with Crippen LogP contribution in [-0.2, 0) is 5.88 Å². The number of halogens is 3. The largest absolute Gasteiger partial charge is 0.450 e. The number of rotatable bonds is 4. The Morgan fingerprint density at radius 3 is 2.70 bits per heavy atom. The summed E-state index contributed by atoms with van der Waals surface area (Å²) >= 11 is 8.82. The van der Waals surface area contributed by atoms with Crippen LogP contribution in [0.25, 0.3) is 0 Å². The van der Waals surface area contributed by atoms with Crippen molar-refractivity contribution in [2.24, 2.45) is 0 Å². The third-order valence-electron chi connectivity index (χ3n) is 2.55. The first-order chi connectivity index (χ1) is 9.52. The smallest absolute Gasteiger partial charge is 0.312 e. The summed E-state index contributed by atoms with van der Waals surface area (Å²) in [4.78, 5) is 10.4. The van der Waals surface area contributed by atoms with Crippen molar-refractivity contribution in [2.75, 3.05) is 0 Å². The fourth-order valence-corrected chi connectivity index (χ4v) is 2.21. The Bertz CT molecular complexity index is 666. The average molecular weight is 361 g/mol. The zero-order valence-corrected chi connectivity index (χ0v) is 12.3. The zero-order chi connectivity index (χ0) is 14.7. The molecule has 0 aliphatic rings. The van der Waals surface area contributed by atoms with E-state index in [0.29, 0.717) is 4.47 Å². The van der Waals surface area contributed by atoms with Crippen LogP contribution in [0.3, 0.4) is 0 Å². The molecule has 0 aromatic heterocycles. The summed E-state index contributed by atoms with van der Waals surface area (Å²) in [7, 11) is 0. The van der Waals surface area contributed by atoms with Gasteiger partial charge in [0.05, 0.1) is 10.8 Å². The number of alkyl halides is 1. The number of hydrogen-bond donors (Lipinski definition) is 0. The molecule has 7 heteroatoms. The molecule has 0 atom stereocenters. The fourth-order valence-electron chi connectivity index (χ4n) is 1.60. The Kier molecular flexibility index (Phi) is 4.57. The second-order valence-electron chi connectivity index (χ2n) is 3.82. The van der Waals surface area contributed by atoms with Crippen molar-refractivity contribution in [1.29, 1.82) is 0 Å². The summed E-state index contributed by atoms with van der Waals surface area (Å²) < 4.78 is 19.6. The Hall–Kier alpha value is -1.66. The maximum Gasteiger partial charge on any atom is 0.312 e. The number of nitro groups is 1. The van der Waals surface area contributed by atoms with Crippen LogP contribution in [0.1, 0.15) is 5.56 Å². The van der Waals surface area contributed by atoms with Gasteiger partial charge < -0.3 is 4.74 Å². The van der Waals surface area contributed by atoms with Crippen LogP contribution < -0.4 is 4.74 Å². The lowest BCUT2D eigenvalue weighted by atomic mass is 10.2. The van der Waals surface area contributed by atoms with Crippen molar-refractivity contribution in [1.82, 2.24) is 0 Å². The van der Waals surface area contributed by atoms with Gasteiger partial charge >= 0.3 is 5.69 Å². The first-order valence-electron chi connectivity index (χ1n) is 5.48. The molecule has 0 fully saturated rings. The number of nitrogens with zero attached hydrogens (tertiary/aromatic N) is 1. The van der Waals surface area contributed by atoms with Crippen molar-refractivity contribution in [2.45, 2.75) is 5.88 Å². The summed E-state index contributed by atoms with van der Waals surface area (Å²) in [6, 6.07) is 8.56. The molecule has 0 aliphatic heterocycles. The van der Waals surface area contributed by atoms with E-state index in [1.807, 2.05) is 0 Å². The quantitative estimate of drug-likeness (QED) is 0.436. The molecule has 0 radical (unpaired) electrons. The molecule has 0 heterocycles. The van der Waals surface area contributed by atoms with Crippen molar-refractivity contribution < 1.29 is 14.1 Å². The molecule has 2 aromatic rings. The first kappa shape index (κ1) is 14.7. The molecule has 0 spiro atoms. The van der Waals surface area contributed by atoms with Gasteiger partial charge in [0, 0.05) is 16.1 Å². The van der Waals surface area contributed by atoms with Gasteiger partial charge in [0.2, 0.25) is 5.75 Å². The Labute approximate surface area is 127 Å². The normalized spacial score (nSPS) is 10.3. The Balaban J connectivity index is 2.45. The number of nitro benzene ring substituents is 1. The molecular weight excluding hydrogens is 353 g/mol. The lowest BCUT2D eigenvalue weighted by Gasteiger charge is -2.10. The second kappa shape index (κ2) is 6.19. The monoisotopic (exact) mass is 359 g/mol. The highest BCUT2D eigenvalue weighted by molar-refractivity contribution is 9.10. The molecule has 104 valence electrons. The molecule has 20 heavy (non-hydrogen) atoms. The van der Waals surface area contributed by atoms with Crippen molar-refractivity contribution in [3.8, 4) is 11.5 Å². The maximum absolute atomic E-state index is 13.6. The number of ether oxygens (including phenoxy) is 1. The standard InChI is InChI=1S/C13H8BrClFNO3/c14-8-4-5-13(11(6-8)17(18)19)20-12-3-1-2-10(16)9(12)7-15/h1-6H,7H2. The van der Waals surface area contributed by atoms with Crippen LogP contribution >= 0.6 is 27.5 Å². The molecule has 0 saturated carbocycles. The van der Waals surface area contributed by atoms with Crippen LogP contribution in [0.15, 0.2) is 40.9 Å². The molecule has 0 bridgehead atoms. The molecule has 0 N–H and O–H groups in total. The van der Waals surface area contributed by atoms with Gasteiger partial charge in [0.1, 0.15) is 11.6 Å². The molecular formula is C13H8BrClFNO3. The summed E-state index contributed by atoms with van der Waals surface area (Å²) in [6.45, 7) is 0. The van der Waals surface area contributed by atoms with E-state index in [2.05, 4.69) is 15.9 Å². The third-order valence-corrected chi connectivity index (χ3v) is 3.31. The van der Waals surface area contributed by atoms with Gasteiger partial charge in [-0.2, -0.15) is 0 Å². The topological polar surface area (TPSA) is 52.4 Å². The Morgan fingerprint density at radius 2 is 2.05 bits per heavy atom. The molecule has 4 nitrogen and oxygen atoms in total. The SMILES string of the molecule is O=[N+]([O-])c1cc(Br)ccc1Oc1cccc(F)c1CCl. The van der Waals surface area contributed by atoms with Gasteiger partial charge in [0.15, 0.2) is 0 Å². The fraction of sp³-hybridized carbons (Fsp3) is 0.0769.